The maximum Gasteiger partial charge on any atom is 0.182 e. The molecule has 0 saturated carbocycles. The number of aromatic amines is 1. The molecule has 3 rings (SSSR count). The number of anilines is 1. The van der Waals surface area contributed by atoms with Crippen LogP contribution < -0.4 is 5.32 Å². The normalized spacial score (nSPS) is 11.0. The highest BCUT2D eigenvalue weighted by Gasteiger charge is 2.07. The van der Waals surface area contributed by atoms with Gasteiger partial charge in [-0.25, -0.2) is 15.0 Å². The largest absolute Gasteiger partial charge is 0.361 e. The molecule has 0 saturated heterocycles. The number of imidazole rings is 1. The topological polar surface area (TPSA) is 92.5 Å². The molecule has 0 atom stereocenters. The maximum absolute atomic E-state index is 5.25. The zero-order valence-electron chi connectivity index (χ0n) is 10.6. The van der Waals surface area contributed by atoms with Gasteiger partial charge in [-0.05, 0) is 6.42 Å². The van der Waals surface area contributed by atoms with Crippen LogP contribution in [0.25, 0.3) is 11.2 Å². The molecule has 0 radical (unpaired) electrons. The van der Waals surface area contributed by atoms with E-state index < -0.39 is 0 Å². The molecular weight excluding hydrogens is 244 g/mol. The van der Waals surface area contributed by atoms with Gasteiger partial charge in [0.1, 0.15) is 11.8 Å². The Bertz CT molecular complexity index is 673. The third-order valence-electron chi connectivity index (χ3n) is 2.77. The molecule has 3 heterocycles. The van der Waals surface area contributed by atoms with Crippen LogP contribution in [0.4, 0.5) is 5.82 Å². The second-order valence-corrected chi connectivity index (χ2v) is 4.21. The number of nitrogens with one attached hydrogen (secondary N) is 2. The summed E-state index contributed by atoms with van der Waals surface area (Å²) in [6.07, 6.45) is 5.06. The van der Waals surface area contributed by atoms with E-state index in [0.29, 0.717) is 18.0 Å². The second-order valence-electron chi connectivity index (χ2n) is 4.21. The van der Waals surface area contributed by atoms with Gasteiger partial charge >= 0.3 is 0 Å². The Labute approximate surface area is 109 Å². The minimum atomic E-state index is 0.530. The third kappa shape index (κ3) is 2.40. The van der Waals surface area contributed by atoms with E-state index in [1.165, 1.54) is 6.33 Å². The number of fused-ring (bicyclic) bond motifs is 1. The van der Waals surface area contributed by atoms with Gasteiger partial charge in [-0.2, -0.15) is 0 Å². The summed E-state index contributed by atoms with van der Waals surface area (Å²) >= 11 is 0. The second kappa shape index (κ2) is 5.05. The first-order chi connectivity index (χ1) is 9.36. The summed E-state index contributed by atoms with van der Waals surface area (Å²) in [5.74, 6) is 1.49. The molecule has 0 aliphatic carbocycles. The summed E-state index contributed by atoms with van der Waals surface area (Å²) in [5.41, 5.74) is 2.41. The molecule has 98 valence electrons. The molecule has 0 spiro atoms. The first-order valence-electron chi connectivity index (χ1n) is 6.19. The lowest BCUT2D eigenvalue weighted by molar-refractivity contribution is 0.381. The molecule has 0 aliphatic rings. The first-order valence-corrected chi connectivity index (χ1v) is 6.19. The number of rotatable bonds is 5. The number of nitrogens with zero attached hydrogens (tertiary/aromatic N) is 4. The van der Waals surface area contributed by atoms with Crippen molar-refractivity contribution in [2.45, 2.75) is 26.3 Å². The van der Waals surface area contributed by atoms with E-state index in [2.05, 4.69) is 37.3 Å². The van der Waals surface area contributed by atoms with Gasteiger partial charge in [0.15, 0.2) is 17.2 Å². The van der Waals surface area contributed by atoms with E-state index in [4.69, 9.17) is 4.52 Å². The van der Waals surface area contributed by atoms with Gasteiger partial charge in [-0.1, -0.05) is 18.5 Å². The van der Waals surface area contributed by atoms with Crippen LogP contribution in [-0.2, 0) is 13.0 Å². The average molecular weight is 258 g/mol. The van der Waals surface area contributed by atoms with Crippen molar-refractivity contribution in [2.24, 2.45) is 0 Å². The summed E-state index contributed by atoms with van der Waals surface area (Å²) in [4.78, 5) is 15.3. The maximum atomic E-state index is 5.25. The first kappa shape index (κ1) is 11.6. The molecule has 7 heteroatoms. The molecule has 3 aromatic rings. The fourth-order valence-corrected chi connectivity index (χ4v) is 1.88. The van der Waals surface area contributed by atoms with Crippen LogP contribution in [0, 0.1) is 0 Å². The molecule has 0 unspecified atom stereocenters. The van der Waals surface area contributed by atoms with Crippen molar-refractivity contribution in [3.05, 3.63) is 30.2 Å². The molecule has 2 N–H and O–H groups in total. The van der Waals surface area contributed by atoms with Gasteiger partial charge in [0.2, 0.25) is 0 Å². The summed E-state index contributed by atoms with van der Waals surface area (Å²) in [7, 11) is 0. The summed E-state index contributed by atoms with van der Waals surface area (Å²) in [6, 6.07) is 1.96. The van der Waals surface area contributed by atoms with Gasteiger partial charge < -0.3 is 14.8 Å². The molecule has 7 nitrogen and oxygen atoms in total. The minimum absolute atomic E-state index is 0.530. The zero-order valence-corrected chi connectivity index (χ0v) is 10.6. The number of H-pyrrole nitrogens is 1. The van der Waals surface area contributed by atoms with Crippen LogP contribution in [0.5, 0.6) is 0 Å². The van der Waals surface area contributed by atoms with Gasteiger partial charge in [0, 0.05) is 6.07 Å². The highest BCUT2D eigenvalue weighted by atomic mass is 16.5. The predicted octanol–water partition coefficient (Wildman–Crippen LogP) is 1.91. The van der Waals surface area contributed by atoms with Crippen LogP contribution in [-0.4, -0.2) is 25.1 Å². The van der Waals surface area contributed by atoms with Gasteiger partial charge in [-0.3, -0.25) is 0 Å². The molecule has 0 aliphatic heterocycles. The lowest BCUT2D eigenvalue weighted by Gasteiger charge is -2.02. The van der Waals surface area contributed by atoms with Crippen molar-refractivity contribution >= 4 is 17.0 Å². The number of hydrogen-bond donors (Lipinski definition) is 2. The average Bonchev–Trinajstić information content (AvgIpc) is 3.05. The Morgan fingerprint density at radius 1 is 1.32 bits per heavy atom. The quantitative estimate of drug-likeness (QED) is 0.726. The number of hydrogen-bond acceptors (Lipinski definition) is 6. The minimum Gasteiger partial charge on any atom is -0.361 e. The van der Waals surface area contributed by atoms with Gasteiger partial charge in [-0.15, -0.1) is 0 Å². The van der Waals surface area contributed by atoms with E-state index in [0.717, 1.165) is 29.8 Å². The highest BCUT2D eigenvalue weighted by Crippen LogP contribution is 2.15. The number of aromatic nitrogens is 5. The zero-order chi connectivity index (χ0) is 13.1. The molecule has 0 aromatic carbocycles. The lowest BCUT2D eigenvalue weighted by Crippen LogP contribution is -2.01. The van der Waals surface area contributed by atoms with E-state index >= 15 is 0 Å². The van der Waals surface area contributed by atoms with Crippen LogP contribution >= 0.6 is 0 Å². The fourth-order valence-electron chi connectivity index (χ4n) is 1.88. The molecule has 19 heavy (non-hydrogen) atoms. The van der Waals surface area contributed by atoms with Crippen LogP contribution in [0.1, 0.15) is 24.8 Å². The summed E-state index contributed by atoms with van der Waals surface area (Å²) in [6.45, 7) is 2.64. The van der Waals surface area contributed by atoms with Crippen molar-refractivity contribution in [3.63, 3.8) is 0 Å². The van der Waals surface area contributed by atoms with E-state index in [9.17, 15) is 0 Å². The summed E-state index contributed by atoms with van der Waals surface area (Å²) < 4.78 is 5.25. The lowest BCUT2D eigenvalue weighted by atomic mass is 10.2. The van der Waals surface area contributed by atoms with E-state index in [1.807, 2.05) is 6.07 Å². The Kier molecular flexibility index (Phi) is 3.09. The number of aryl methyl sites for hydroxylation is 1. The van der Waals surface area contributed by atoms with E-state index in [-0.39, 0.29) is 0 Å². The molecule has 0 bridgehead atoms. The smallest absolute Gasteiger partial charge is 0.182 e. The Hall–Kier alpha value is -2.44. The van der Waals surface area contributed by atoms with Crippen LogP contribution in [0.3, 0.4) is 0 Å². The van der Waals surface area contributed by atoms with Crippen molar-refractivity contribution in [2.75, 3.05) is 5.32 Å². The predicted molar refractivity (Wildman–Crippen MR) is 69.5 cm³/mol. The molecule has 0 amide bonds. The Morgan fingerprint density at radius 3 is 3.16 bits per heavy atom. The van der Waals surface area contributed by atoms with Crippen molar-refractivity contribution in [3.8, 4) is 0 Å². The molecular formula is C12H14N6O. The van der Waals surface area contributed by atoms with Crippen molar-refractivity contribution in [1.29, 1.82) is 0 Å². The molecule has 0 fully saturated rings. The third-order valence-corrected chi connectivity index (χ3v) is 2.77. The summed E-state index contributed by atoms with van der Waals surface area (Å²) in [5, 5.41) is 7.19. The highest BCUT2D eigenvalue weighted by molar-refractivity contribution is 5.81. The van der Waals surface area contributed by atoms with Crippen molar-refractivity contribution < 1.29 is 4.52 Å². The van der Waals surface area contributed by atoms with Gasteiger partial charge in [0.25, 0.3) is 0 Å². The molecule has 3 aromatic heterocycles. The van der Waals surface area contributed by atoms with Crippen LogP contribution in [0.15, 0.2) is 23.2 Å². The fraction of sp³-hybridized carbons (Fsp3) is 0.333. The Balaban J connectivity index is 1.73. The van der Waals surface area contributed by atoms with Crippen molar-refractivity contribution in [1.82, 2.24) is 25.1 Å². The SMILES string of the molecule is CCCc1cc(CNc2ncnc3nc[nH]c23)on1. The Morgan fingerprint density at radius 2 is 2.26 bits per heavy atom. The van der Waals surface area contributed by atoms with Gasteiger partial charge in [0.05, 0.1) is 18.6 Å². The monoisotopic (exact) mass is 258 g/mol. The van der Waals surface area contributed by atoms with Crippen LogP contribution in [0.2, 0.25) is 0 Å². The van der Waals surface area contributed by atoms with E-state index in [1.54, 1.807) is 6.33 Å². The standard InChI is InChI=1S/C12H14N6O/c1-2-3-8-4-9(19-18-8)5-13-11-10-12(15-6-14-10)17-7-16-11/h4,6-7H,2-3,5H2,1H3,(H2,13,14,15,16,17).